The number of phenols is 1. The van der Waals surface area contributed by atoms with Gasteiger partial charge in [0.2, 0.25) is 11.8 Å². The fraction of sp³-hybridized carbons (Fsp3) is 0.700. The summed E-state index contributed by atoms with van der Waals surface area (Å²) in [5.41, 5.74) is -0.739. The van der Waals surface area contributed by atoms with Gasteiger partial charge in [0.25, 0.3) is 0 Å². The van der Waals surface area contributed by atoms with Crippen LogP contribution < -0.4 is 4.90 Å². The highest BCUT2D eigenvalue weighted by atomic mass is 32.2. The molecule has 1 aliphatic heterocycles. The van der Waals surface area contributed by atoms with Crippen LogP contribution in [0.5, 0.6) is 5.75 Å². The third kappa shape index (κ3) is 7.34. The van der Waals surface area contributed by atoms with Crippen molar-refractivity contribution in [2.24, 2.45) is 0 Å². The molecule has 1 aromatic rings. The molecule has 1 saturated carbocycles. The number of hydrogen-bond donors (Lipinski definition) is 1. The SMILES string of the molecule is CCC(C)(F)F.CN1CCN(C2CCC(F)(F)CC2)c2cc(C(F)(F)F)c(O)cc2S1. The normalized spacial score (nSPS) is 20.5. The van der Waals surface area contributed by atoms with E-state index in [0.29, 0.717) is 23.7 Å². The number of benzene rings is 1. The summed E-state index contributed by atoms with van der Waals surface area (Å²) in [7, 11) is 1.81. The van der Waals surface area contributed by atoms with Gasteiger partial charge >= 0.3 is 6.18 Å². The third-order valence-electron chi connectivity index (χ3n) is 5.35. The zero-order chi connectivity index (χ0) is 23.6. The Kier molecular flexibility index (Phi) is 8.05. The Morgan fingerprint density at radius 3 is 2.13 bits per heavy atom. The van der Waals surface area contributed by atoms with Crippen LogP contribution in [0.4, 0.5) is 36.4 Å². The van der Waals surface area contributed by atoms with Crippen molar-refractivity contribution in [3.63, 3.8) is 0 Å². The summed E-state index contributed by atoms with van der Waals surface area (Å²) in [6, 6.07) is 1.84. The van der Waals surface area contributed by atoms with Crippen molar-refractivity contribution in [2.75, 3.05) is 25.0 Å². The molecule has 0 atom stereocenters. The second-order valence-corrected chi connectivity index (χ2v) is 9.23. The van der Waals surface area contributed by atoms with E-state index in [1.165, 1.54) is 18.9 Å². The maximum atomic E-state index is 13.4. The number of hydrogen-bond acceptors (Lipinski definition) is 4. The van der Waals surface area contributed by atoms with Crippen molar-refractivity contribution in [3.05, 3.63) is 17.7 Å². The molecule has 3 rings (SSSR count). The summed E-state index contributed by atoms with van der Waals surface area (Å²) in [6.07, 6.45) is -4.76. The average Bonchev–Trinajstić information content (AvgIpc) is 2.78. The van der Waals surface area contributed by atoms with Gasteiger partial charge in [-0.1, -0.05) is 6.92 Å². The van der Waals surface area contributed by atoms with Crippen molar-refractivity contribution in [1.82, 2.24) is 4.31 Å². The summed E-state index contributed by atoms with van der Waals surface area (Å²) in [5, 5.41) is 9.78. The number of likely N-dealkylation sites (N-methyl/N-ethyl adjacent to an activating group) is 1. The first kappa shape index (κ1) is 25.9. The lowest BCUT2D eigenvalue weighted by molar-refractivity contribution is -0.138. The highest BCUT2D eigenvalue weighted by Gasteiger charge is 2.40. The summed E-state index contributed by atoms with van der Waals surface area (Å²) in [4.78, 5) is 2.30. The average molecular weight is 477 g/mol. The molecule has 2 aliphatic rings. The van der Waals surface area contributed by atoms with E-state index in [9.17, 15) is 35.8 Å². The quantitative estimate of drug-likeness (QED) is 0.375. The molecule has 1 N–H and O–H groups in total. The number of anilines is 1. The van der Waals surface area contributed by atoms with Crippen LogP contribution in [0.2, 0.25) is 0 Å². The van der Waals surface area contributed by atoms with Gasteiger partial charge < -0.3 is 10.0 Å². The van der Waals surface area contributed by atoms with Crippen molar-refractivity contribution in [2.45, 2.75) is 74.9 Å². The van der Waals surface area contributed by atoms with Crippen molar-refractivity contribution < 1.29 is 35.8 Å². The number of rotatable bonds is 2. The van der Waals surface area contributed by atoms with Crippen LogP contribution in [0, 0.1) is 0 Å². The van der Waals surface area contributed by atoms with Gasteiger partial charge in [-0.25, -0.2) is 21.9 Å². The maximum Gasteiger partial charge on any atom is 0.420 e. The minimum Gasteiger partial charge on any atom is -0.507 e. The lowest BCUT2D eigenvalue weighted by atomic mass is 9.90. The Labute approximate surface area is 181 Å². The molecule has 1 aliphatic carbocycles. The Morgan fingerprint density at radius 2 is 1.65 bits per heavy atom. The fourth-order valence-corrected chi connectivity index (χ4v) is 4.32. The number of halogens is 7. The highest BCUT2D eigenvalue weighted by Crippen LogP contribution is 2.46. The first-order valence-corrected chi connectivity index (χ1v) is 10.8. The minimum absolute atomic E-state index is 0.0625. The predicted octanol–water partition coefficient (Wildman–Crippen LogP) is 6.80. The second-order valence-electron chi connectivity index (χ2n) is 7.98. The van der Waals surface area contributed by atoms with Gasteiger partial charge in [-0.3, -0.25) is 0 Å². The van der Waals surface area contributed by atoms with Gasteiger partial charge in [0.1, 0.15) is 5.75 Å². The number of nitrogens with zero attached hydrogens (tertiary/aromatic N) is 2. The van der Waals surface area contributed by atoms with Crippen LogP contribution in [-0.2, 0) is 6.18 Å². The predicted molar refractivity (Wildman–Crippen MR) is 107 cm³/mol. The molecular weight excluding hydrogens is 449 g/mol. The Hall–Kier alpha value is -1.36. The molecule has 0 bridgehead atoms. The van der Waals surface area contributed by atoms with Crippen LogP contribution in [0.15, 0.2) is 17.0 Å². The molecule has 0 saturated heterocycles. The molecule has 0 radical (unpaired) electrons. The Bertz CT molecular complexity index is 742. The highest BCUT2D eigenvalue weighted by molar-refractivity contribution is 7.97. The van der Waals surface area contributed by atoms with E-state index in [4.69, 9.17) is 0 Å². The van der Waals surface area contributed by atoms with Gasteiger partial charge in [-0.05, 0) is 50.9 Å². The number of aromatic hydroxyl groups is 1. The smallest absolute Gasteiger partial charge is 0.420 e. The molecular formula is C20H27F7N2OS. The lowest BCUT2D eigenvalue weighted by Crippen LogP contribution is -2.43. The topological polar surface area (TPSA) is 26.7 Å². The van der Waals surface area contributed by atoms with Crippen LogP contribution in [0.3, 0.4) is 0 Å². The molecule has 0 amide bonds. The second kappa shape index (κ2) is 9.64. The van der Waals surface area contributed by atoms with Crippen LogP contribution >= 0.6 is 11.9 Å². The van der Waals surface area contributed by atoms with E-state index in [2.05, 4.69) is 0 Å². The summed E-state index contributed by atoms with van der Waals surface area (Å²) in [5.74, 6) is -5.97. The molecule has 3 nitrogen and oxygen atoms in total. The van der Waals surface area contributed by atoms with Crippen molar-refractivity contribution >= 4 is 17.6 Å². The molecule has 1 aromatic carbocycles. The summed E-state index contributed by atoms with van der Waals surface area (Å²) < 4.78 is 91.2. The number of alkyl halides is 7. The van der Waals surface area contributed by atoms with Crippen molar-refractivity contribution in [3.8, 4) is 5.75 Å². The van der Waals surface area contributed by atoms with E-state index in [0.717, 1.165) is 19.1 Å². The Morgan fingerprint density at radius 1 is 1.10 bits per heavy atom. The number of fused-ring (bicyclic) bond motifs is 1. The fourth-order valence-electron chi connectivity index (χ4n) is 3.38. The summed E-state index contributed by atoms with van der Waals surface area (Å²) >= 11 is 1.25. The van der Waals surface area contributed by atoms with E-state index in [1.54, 1.807) is 4.90 Å². The van der Waals surface area contributed by atoms with Gasteiger partial charge in [0.15, 0.2) is 0 Å². The lowest BCUT2D eigenvalue weighted by Gasteiger charge is -2.38. The van der Waals surface area contributed by atoms with Gasteiger partial charge in [-0.15, -0.1) is 0 Å². The maximum absolute atomic E-state index is 13.4. The monoisotopic (exact) mass is 476 g/mol. The van der Waals surface area contributed by atoms with Crippen LogP contribution in [-0.4, -0.2) is 47.4 Å². The van der Waals surface area contributed by atoms with Gasteiger partial charge in [-0.2, -0.15) is 13.2 Å². The van der Waals surface area contributed by atoms with Crippen molar-refractivity contribution in [1.29, 1.82) is 0 Å². The molecule has 11 heteroatoms. The van der Waals surface area contributed by atoms with Gasteiger partial charge in [0.05, 0.1) is 16.1 Å². The molecule has 178 valence electrons. The minimum atomic E-state index is -4.67. The number of phenolic OH excluding ortho intramolecular Hbond substituents is 1. The first-order chi connectivity index (χ1) is 14.1. The van der Waals surface area contributed by atoms with E-state index in [-0.39, 0.29) is 38.1 Å². The largest absolute Gasteiger partial charge is 0.507 e. The first-order valence-electron chi connectivity index (χ1n) is 9.98. The molecule has 0 spiro atoms. The zero-order valence-corrected chi connectivity index (χ0v) is 18.4. The van der Waals surface area contributed by atoms with E-state index >= 15 is 0 Å². The molecule has 31 heavy (non-hydrogen) atoms. The summed E-state index contributed by atoms with van der Waals surface area (Å²) in [6.45, 7) is 3.40. The molecule has 1 fully saturated rings. The van der Waals surface area contributed by atoms with E-state index in [1.807, 2.05) is 11.4 Å². The van der Waals surface area contributed by atoms with Crippen LogP contribution in [0.1, 0.15) is 51.5 Å². The Balaban J connectivity index is 0.000000501. The van der Waals surface area contributed by atoms with E-state index < -0.39 is 29.3 Å². The van der Waals surface area contributed by atoms with Gasteiger partial charge in [0, 0.05) is 38.4 Å². The molecule has 1 heterocycles. The molecule has 0 aromatic heterocycles. The zero-order valence-electron chi connectivity index (χ0n) is 17.6. The standard InChI is InChI=1S/C16H19F5N2OS.C4H8F2/c1-22-6-7-23(10-2-4-15(17,18)5-3-10)12-8-11(16(19,20)21)13(24)9-14(12)25-22;1-3-4(2,5)6/h8-10,24H,2-7H2,1H3;3H2,1-2H3. The molecule has 0 unspecified atom stereocenters. The third-order valence-corrected chi connectivity index (χ3v) is 6.37. The van der Waals surface area contributed by atoms with Crippen LogP contribution in [0.25, 0.3) is 0 Å².